The minimum Gasteiger partial charge on any atom is -0.435 e. The zero-order valence-corrected chi connectivity index (χ0v) is 10.6. The van der Waals surface area contributed by atoms with E-state index >= 15 is 0 Å². The van der Waals surface area contributed by atoms with Gasteiger partial charge in [-0.15, -0.1) is 0 Å². The average molecular weight is 295 g/mol. The van der Waals surface area contributed by atoms with Crippen LogP contribution in [0, 0.1) is 0 Å². The van der Waals surface area contributed by atoms with E-state index in [-0.39, 0.29) is 17.0 Å². The maximum atomic E-state index is 12.1. The Bertz CT molecular complexity index is 629. The molecule has 0 spiro atoms. The standard InChI is InChI=1S/C13H11F2N3O3/c14-13(15)21-9-4-1-3-8(7-9)11(19)17-18-12(20)10-5-2-6-16-10/h1-7,13,16H,(H,17,19)(H,18,20). The van der Waals surface area contributed by atoms with E-state index in [0.29, 0.717) is 0 Å². The van der Waals surface area contributed by atoms with Gasteiger partial charge in [-0.1, -0.05) is 6.07 Å². The van der Waals surface area contributed by atoms with Crippen LogP contribution in [0.5, 0.6) is 5.75 Å². The number of nitrogens with one attached hydrogen (secondary N) is 3. The van der Waals surface area contributed by atoms with Gasteiger partial charge in [-0.2, -0.15) is 8.78 Å². The number of hydrogen-bond acceptors (Lipinski definition) is 3. The first-order valence-electron chi connectivity index (χ1n) is 5.85. The second kappa shape index (κ2) is 6.51. The quantitative estimate of drug-likeness (QED) is 0.751. The van der Waals surface area contributed by atoms with E-state index in [1.807, 2.05) is 0 Å². The Morgan fingerprint density at radius 1 is 1.10 bits per heavy atom. The fourth-order valence-corrected chi connectivity index (χ4v) is 1.54. The number of carbonyl (C=O) groups is 2. The first kappa shape index (κ1) is 14.5. The molecule has 2 rings (SSSR count). The van der Waals surface area contributed by atoms with Crippen LogP contribution in [0.2, 0.25) is 0 Å². The van der Waals surface area contributed by atoms with Gasteiger partial charge in [0.25, 0.3) is 11.8 Å². The van der Waals surface area contributed by atoms with Crippen molar-refractivity contribution < 1.29 is 23.1 Å². The van der Waals surface area contributed by atoms with Crippen LogP contribution < -0.4 is 15.6 Å². The zero-order chi connectivity index (χ0) is 15.2. The molecule has 21 heavy (non-hydrogen) atoms. The smallest absolute Gasteiger partial charge is 0.387 e. The number of amides is 2. The number of rotatable bonds is 4. The molecule has 1 aromatic carbocycles. The molecule has 2 amide bonds. The number of carbonyl (C=O) groups excluding carboxylic acids is 2. The monoisotopic (exact) mass is 295 g/mol. The SMILES string of the molecule is O=C(NNC(=O)c1ccc[nH]1)c1cccc(OC(F)F)c1. The molecule has 110 valence electrons. The molecule has 2 aromatic rings. The number of aromatic amines is 1. The average Bonchev–Trinajstić information content (AvgIpc) is 2.98. The second-order valence-corrected chi connectivity index (χ2v) is 3.90. The summed E-state index contributed by atoms with van der Waals surface area (Å²) in [7, 11) is 0. The molecule has 0 fully saturated rings. The fraction of sp³-hybridized carbons (Fsp3) is 0.0769. The summed E-state index contributed by atoms with van der Waals surface area (Å²) in [6.07, 6.45) is 1.56. The molecule has 0 saturated carbocycles. The third-order valence-electron chi connectivity index (χ3n) is 2.45. The fourth-order valence-electron chi connectivity index (χ4n) is 1.54. The van der Waals surface area contributed by atoms with Crippen LogP contribution in [-0.4, -0.2) is 23.4 Å². The Hall–Kier alpha value is -2.90. The van der Waals surface area contributed by atoms with Crippen LogP contribution in [0.1, 0.15) is 20.8 Å². The number of H-pyrrole nitrogens is 1. The van der Waals surface area contributed by atoms with Crippen molar-refractivity contribution in [2.45, 2.75) is 6.61 Å². The first-order valence-corrected chi connectivity index (χ1v) is 5.85. The molecular weight excluding hydrogens is 284 g/mol. The number of hydrogen-bond donors (Lipinski definition) is 3. The molecule has 0 aliphatic carbocycles. The van der Waals surface area contributed by atoms with E-state index in [4.69, 9.17) is 0 Å². The zero-order valence-electron chi connectivity index (χ0n) is 10.6. The lowest BCUT2D eigenvalue weighted by atomic mass is 10.2. The van der Waals surface area contributed by atoms with E-state index < -0.39 is 18.4 Å². The first-order chi connectivity index (χ1) is 10.1. The maximum Gasteiger partial charge on any atom is 0.387 e. The Kier molecular flexibility index (Phi) is 4.50. The van der Waals surface area contributed by atoms with E-state index in [0.717, 1.165) is 6.07 Å². The highest BCUT2D eigenvalue weighted by molar-refractivity contribution is 5.98. The van der Waals surface area contributed by atoms with Crippen LogP contribution in [0.15, 0.2) is 42.6 Å². The van der Waals surface area contributed by atoms with Gasteiger partial charge in [0, 0.05) is 11.8 Å². The van der Waals surface area contributed by atoms with Gasteiger partial charge in [-0.05, 0) is 30.3 Å². The number of hydrazine groups is 1. The van der Waals surface area contributed by atoms with Crippen molar-refractivity contribution in [1.82, 2.24) is 15.8 Å². The van der Waals surface area contributed by atoms with Gasteiger partial charge in [-0.25, -0.2) is 0 Å². The molecule has 0 aliphatic heterocycles. The van der Waals surface area contributed by atoms with Gasteiger partial charge in [0.1, 0.15) is 11.4 Å². The molecule has 1 aromatic heterocycles. The van der Waals surface area contributed by atoms with Crippen LogP contribution in [-0.2, 0) is 0 Å². The molecule has 6 nitrogen and oxygen atoms in total. The Balaban J connectivity index is 1.95. The highest BCUT2D eigenvalue weighted by Crippen LogP contribution is 2.15. The molecule has 0 atom stereocenters. The topological polar surface area (TPSA) is 83.2 Å². The second-order valence-electron chi connectivity index (χ2n) is 3.90. The molecular formula is C13H11F2N3O3. The summed E-state index contributed by atoms with van der Waals surface area (Å²) in [5, 5.41) is 0. The number of benzene rings is 1. The van der Waals surface area contributed by atoms with Crippen molar-refractivity contribution in [3.63, 3.8) is 0 Å². The van der Waals surface area contributed by atoms with E-state index in [9.17, 15) is 18.4 Å². The molecule has 0 aliphatic rings. The predicted molar refractivity (Wildman–Crippen MR) is 68.8 cm³/mol. The summed E-state index contributed by atoms with van der Waals surface area (Å²) in [5.41, 5.74) is 4.69. The molecule has 3 N–H and O–H groups in total. The lowest BCUT2D eigenvalue weighted by Crippen LogP contribution is -2.41. The normalized spacial score (nSPS) is 10.2. The van der Waals surface area contributed by atoms with Crippen LogP contribution in [0.25, 0.3) is 0 Å². The lowest BCUT2D eigenvalue weighted by molar-refractivity contribution is -0.0498. The van der Waals surface area contributed by atoms with Crippen molar-refractivity contribution in [2.75, 3.05) is 0 Å². The summed E-state index contributed by atoms with van der Waals surface area (Å²) in [6.45, 7) is -2.98. The highest BCUT2D eigenvalue weighted by Gasteiger charge is 2.11. The molecule has 8 heteroatoms. The maximum absolute atomic E-state index is 12.1. The van der Waals surface area contributed by atoms with Crippen LogP contribution in [0.3, 0.4) is 0 Å². The molecule has 1 heterocycles. The van der Waals surface area contributed by atoms with Crippen molar-refractivity contribution in [3.05, 3.63) is 53.9 Å². The van der Waals surface area contributed by atoms with Gasteiger partial charge < -0.3 is 9.72 Å². The van der Waals surface area contributed by atoms with Crippen molar-refractivity contribution in [2.24, 2.45) is 0 Å². The Morgan fingerprint density at radius 2 is 1.86 bits per heavy atom. The van der Waals surface area contributed by atoms with E-state index in [1.54, 1.807) is 12.3 Å². The largest absolute Gasteiger partial charge is 0.435 e. The minimum absolute atomic E-state index is 0.0694. The van der Waals surface area contributed by atoms with Crippen LogP contribution in [0.4, 0.5) is 8.78 Å². The van der Waals surface area contributed by atoms with Gasteiger partial charge in [-0.3, -0.25) is 20.4 Å². The van der Waals surface area contributed by atoms with E-state index in [2.05, 4.69) is 20.6 Å². The number of alkyl halides is 2. The number of halogens is 2. The Labute approximate surface area is 118 Å². The molecule has 0 unspecified atom stereocenters. The Morgan fingerprint density at radius 3 is 2.52 bits per heavy atom. The number of aromatic nitrogens is 1. The van der Waals surface area contributed by atoms with Crippen molar-refractivity contribution >= 4 is 11.8 Å². The van der Waals surface area contributed by atoms with E-state index in [1.165, 1.54) is 24.3 Å². The summed E-state index contributed by atoms with van der Waals surface area (Å²) in [6, 6.07) is 8.37. The van der Waals surface area contributed by atoms with Gasteiger partial charge >= 0.3 is 6.61 Å². The summed E-state index contributed by atoms with van der Waals surface area (Å²) >= 11 is 0. The third-order valence-corrected chi connectivity index (χ3v) is 2.45. The van der Waals surface area contributed by atoms with Gasteiger partial charge in [0.15, 0.2) is 0 Å². The highest BCUT2D eigenvalue weighted by atomic mass is 19.3. The summed E-state index contributed by atoms with van der Waals surface area (Å²) in [5.74, 6) is -1.34. The predicted octanol–water partition coefficient (Wildman–Crippen LogP) is 1.69. The van der Waals surface area contributed by atoms with Gasteiger partial charge in [0.05, 0.1) is 0 Å². The van der Waals surface area contributed by atoms with Gasteiger partial charge in [0.2, 0.25) is 0 Å². The third kappa shape index (κ3) is 4.03. The lowest BCUT2D eigenvalue weighted by Gasteiger charge is -2.08. The molecule has 0 bridgehead atoms. The number of ether oxygens (including phenoxy) is 1. The van der Waals surface area contributed by atoms with Crippen molar-refractivity contribution in [1.29, 1.82) is 0 Å². The van der Waals surface area contributed by atoms with Crippen molar-refractivity contribution in [3.8, 4) is 5.75 Å². The van der Waals surface area contributed by atoms with Crippen LogP contribution >= 0.6 is 0 Å². The molecule has 0 saturated heterocycles. The summed E-state index contributed by atoms with van der Waals surface area (Å²) in [4.78, 5) is 26.0. The minimum atomic E-state index is -2.98. The molecule has 0 radical (unpaired) electrons. The summed E-state index contributed by atoms with van der Waals surface area (Å²) < 4.78 is 28.3.